The molecule has 2 aromatic rings. The summed E-state index contributed by atoms with van der Waals surface area (Å²) >= 11 is 1.20. The maximum atomic E-state index is 10.3. The number of hydrogen-bond donors (Lipinski definition) is 1. The summed E-state index contributed by atoms with van der Waals surface area (Å²) in [6, 6.07) is 8.80. The maximum absolute atomic E-state index is 10.3. The fraction of sp³-hybridized carbons (Fsp3) is 0. The summed E-state index contributed by atoms with van der Waals surface area (Å²) in [5.74, 6) is 0. The molecule has 0 aliphatic heterocycles. The lowest BCUT2D eigenvalue weighted by atomic mass is 10.2. The van der Waals surface area contributed by atoms with Gasteiger partial charge in [0.2, 0.25) is 0 Å². The lowest BCUT2D eigenvalue weighted by Crippen LogP contribution is -2.00. The zero-order valence-corrected chi connectivity index (χ0v) is 8.25. The number of carboxylic acid groups (broad SMARTS) is 1. The Morgan fingerprint density at radius 2 is 2.27 bits per heavy atom. The van der Waals surface area contributed by atoms with E-state index in [0.717, 1.165) is 10.1 Å². The van der Waals surface area contributed by atoms with E-state index in [1.54, 1.807) is 24.3 Å². The number of benzene rings is 1. The summed E-state index contributed by atoms with van der Waals surface area (Å²) in [5, 5.41) is 18.3. The topological polar surface area (TPSA) is 70.3 Å². The van der Waals surface area contributed by atoms with Gasteiger partial charge >= 0.3 is 6.16 Å². The lowest BCUT2D eigenvalue weighted by molar-refractivity contribution is 0.146. The molecule has 0 bridgehead atoms. The van der Waals surface area contributed by atoms with Crippen LogP contribution < -0.4 is 4.74 Å². The molecule has 0 saturated carbocycles. The predicted octanol–water partition coefficient (Wildman–Crippen LogP) is 2.83. The van der Waals surface area contributed by atoms with Crippen molar-refractivity contribution in [3.63, 3.8) is 0 Å². The number of nitrogens with zero attached hydrogens (tertiary/aromatic N) is 1. The van der Waals surface area contributed by atoms with Gasteiger partial charge in [-0.15, -0.1) is 0 Å². The minimum absolute atomic E-state index is 0.313. The van der Waals surface area contributed by atoms with Gasteiger partial charge in [0.1, 0.15) is 0 Å². The van der Waals surface area contributed by atoms with Gasteiger partial charge in [-0.3, -0.25) is 0 Å². The van der Waals surface area contributed by atoms with Gasteiger partial charge in [-0.25, -0.2) is 4.79 Å². The Bertz CT molecular complexity index is 568. The predicted molar refractivity (Wildman–Crippen MR) is 55.2 cm³/mol. The molecule has 1 N–H and O–H groups in total. The van der Waals surface area contributed by atoms with E-state index in [9.17, 15) is 4.79 Å². The Morgan fingerprint density at radius 1 is 1.47 bits per heavy atom. The van der Waals surface area contributed by atoms with E-state index < -0.39 is 6.16 Å². The third-order valence-corrected chi connectivity index (χ3v) is 2.79. The van der Waals surface area contributed by atoms with Crippen LogP contribution in [0.2, 0.25) is 0 Å². The first kappa shape index (κ1) is 9.49. The quantitative estimate of drug-likeness (QED) is 0.748. The third kappa shape index (κ3) is 1.90. The third-order valence-electron chi connectivity index (χ3n) is 1.81. The van der Waals surface area contributed by atoms with Crippen molar-refractivity contribution in [1.29, 1.82) is 5.26 Å². The second kappa shape index (κ2) is 3.59. The molecule has 1 aromatic heterocycles. The second-order valence-corrected chi connectivity index (χ2v) is 3.84. The van der Waals surface area contributed by atoms with Crippen molar-refractivity contribution < 1.29 is 14.6 Å². The Balaban J connectivity index is 2.47. The molecule has 0 spiro atoms. The molecular formula is C10H5NO3S. The van der Waals surface area contributed by atoms with Gasteiger partial charge < -0.3 is 9.84 Å². The van der Waals surface area contributed by atoms with Crippen LogP contribution in [0, 0.1) is 11.3 Å². The van der Waals surface area contributed by atoms with Gasteiger partial charge in [0.15, 0.2) is 5.06 Å². The molecule has 0 saturated heterocycles. The van der Waals surface area contributed by atoms with Crippen molar-refractivity contribution in [2.45, 2.75) is 0 Å². The van der Waals surface area contributed by atoms with Crippen LogP contribution in [0.3, 0.4) is 0 Å². The molecule has 74 valence electrons. The molecule has 2 rings (SSSR count). The first-order chi connectivity index (χ1) is 7.19. The molecule has 1 heterocycles. The molecule has 15 heavy (non-hydrogen) atoms. The summed E-state index contributed by atoms with van der Waals surface area (Å²) in [5.41, 5.74) is 0.547. The minimum atomic E-state index is -1.33. The van der Waals surface area contributed by atoms with E-state index in [4.69, 9.17) is 10.4 Å². The van der Waals surface area contributed by atoms with Crippen molar-refractivity contribution in [3.8, 4) is 11.1 Å². The van der Waals surface area contributed by atoms with E-state index in [0.29, 0.717) is 10.6 Å². The van der Waals surface area contributed by atoms with Crippen molar-refractivity contribution in [2.24, 2.45) is 0 Å². The van der Waals surface area contributed by atoms with Crippen molar-refractivity contribution in [2.75, 3.05) is 0 Å². The standard InChI is InChI=1S/C10H5NO3S/c11-5-6-1-2-7-4-9(14-10(12)13)15-8(7)3-6/h1-4H,(H,12,13). The smallest absolute Gasteiger partial charge is 0.449 e. The number of ether oxygens (including phenoxy) is 1. The summed E-state index contributed by atoms with van der Waals surface area (Å²) in [6.45, 7) is 0. The number of nitriles is 1. The van der Waals surface area contributed by atoms with Crippen LogP contribution in [0.1, 0.15) is 5.56 Å². The van der Waals surface area contributed by atoms with Crippen LogP contribution in [0.25, 0.3) is 10.1 Å². The van der Waals surface area contributed by atoms with E-state index in [2.05, 4.69) is 4.74 Å². The Labute approximate surface area is 88.9 Å². The first-order valence-electron chi connectivity index (χ1n) is 4.03. The number of carbonyl (C=O) groups is 1. The van der Waals surface area contributed by atoms with Gasteiger partial charge in [0.05, 0.1) is 11.6 Å². The molecular weight excluding hydrogens is 214 g/mol. The van der Waals surface area contributed by atoms with Gasteiger partial charge in [-0.05, 0) is 17.5 Å². The molecule has 0 aliphatic carbocycles. The zero-order chi connectivity index (χ0) is 10.8. The van der Waals surface area contributed by atoms with E-state index in [-0.39, 0.29) is 0 Å². The van der Waals surface area contributed by atoms with Crippen LogP contribution in [0.5, 0.6) is 5.06 Å². The van der Waals surface area contributed by atoms with Gasteiger partial charge in [-0.1, -0.05) is 17.4 Å². The summed E-state index contributed by atoms with van der Waals surface area (Å²) in [6.07, 6.45) is -1.33. The molecule has 0 fully saturated rings. The minimum Gasteiger partial charge on any atom is -0.449 e. The second-order valence-electron chi connectivity index (χ2n) is 2.80. The van der Waals surface area contributed by atoms with Crippen LogP contribution in [-0.2, 0) is 0 Å². The Morgan fingerprint density at radius 3 is 2.93 bits per heavy atom. The van der Waals surface area contributed by atoms with Crippen molar-refractivity contribution in [3.05, 3.63) is 29.8 Å². The normalized spacial score (nSPS) is 9.80. The highest BCUT2D eigenvalue weighted by molar-refractivity contribution is 7.20. The van der Waals surface area contributed by atoms with Crippen molar-refractivity contribution >= 4 is 27.6 Å². The van der Waals surface area contributed by atoms with Gasteiger partial charge in [0.25, 0.3) is 0 Å². The van der Waals surface area contributed by atoms with Crippen LogP contribution >= 0.6 is 11.3 Å². The van der Waals surface area contributed by atoms with Crippen LogP contribution in [-0.4, -0.2) is 11.3 Å². The number of thiophene rings is 1. The molecule has 1 aromatic carbocycles. The van der Waals surface area contributed by atoms with Crippen LogP contribution in [0.15, 0.2) is 24.3 Å². The maximum Gasteiger partial charge on any atom is 0.512 e. The number of fused-ring (bicyclic) bond motifs is 1. The first-order valence-corrected chi connectivity index (χ1v) is 4.85. The summed E-state index contributed by atoms with van der Waals surface area (Å²) < 4.78 is 5.36. The highest BCUT2D eigenvalue weighted by Crippen LogP contribution is 2.32. The average molecular weight is 219 g/mol. The highest BCUT2D eigenvalue weighted by atomic mass is 32.1. The van der Waals surface area contributed by atoms with Crippen molar-refractivity contribution in [1.82, 2.24) is 0 Å². The molecule has 0 amide bonds. The van der Waals surface area contributed by atoms with E-state index >= 15 is 0 Å². The highest BCUT2D eigenvalue weighted by Gasteiger charge is 2.06. The molecule has 0 radical (unpaired) electrons. The number of rotatable bonds is 1. The Kier molecular flexibility index (Phi) is 2.27. The molecule has 4 nitrogen and oxygen atoms in total. The van der Waals surface area contributed by atoms with Gasteiger partial charge in [-0.2, -0.15) is 5.26 Å². The fourth-order valence-electron chi connectivity index (χ4n) is 1.21. The summed E-state index contributed by atoms with van der Waals surface area (Å²) in [7, 11) is 0. The van der Waals surface area contributed by atoms with E-state index in [1.165, 1.54) is 11.3 Å². The zero-order valence-electron chi connectivity index (χ0n) is 7.43. The Hall–Kier alpha value is -2.06. The summed E-state index contributed by atoms with van der Waals surface area (Å²) in [4.78, 5) is 10.3. The largest absolute Gasteiger partial charge is 0.512 e. The SMILES string of the molecule is N#Cc1ccc2cc(OC(=O)O)sc2c1. The lowest BCUT2D eigenvalue weighted by Gasteiger charge is -1.90. The molecule has 0 unspecified atom stereocenters. The van der Waals surface area contributed by atoms with E-state index in [1.807, 2.05) is 6.07 Å². The van der Waals surface area contributed by atoms with Gasteiger partial charge in [0, 0.05) is 10.8 Å². The molecule has 0 aliphatic rings. The van der Waals surface area contributed by atoms with Crippen LogP contribution in [0.4, 0.5) is 4.79 Å². The number of hydrogen-bond acceptors (Lipinski definition) is 4. The fourth-order valence-corrected chi connectivity index (χ4v) is 2.16. The average Bonchev–Trinajstić information content (AvgIpc) is 2.57. The molecule has 0 atom stereocenters. The monoisotopic (exact) mass is 219 g/mol. The molecule has 5 heteroatoms.